The topological polar surface area (TPSA) is 32.9 Å². The second-order valence-corrected chi connectivity index (χ2v) is 1.73. The van der Waals surface area contributed by atoms with Crippen LogP contribution in [0.1, 0.15) is 13.8 Å². The van der Waals surface area contributed by atoms with Crippen molar-refractivity contribution in [3.05, 3.63) is 21.2 Å². The molecule has 1 aromatic rings. The van der Waals surface area contributed by atoms with E-state index in [1.165, 1.54) is 11.3 Å². The number of aromatic amines is 1. The summed E-state index contributed by atoms with van der Waals surface area (Å²) in [5.74, 6) is 0. The zero-order valence-electron chi connectivity index (χ0n) is 4.97. The van der Waals surface area contributed by atoms with E-state index < -0.39 is 0 Å². The highest BCUT2D eigenvalue weighted by Crippen LogP contribution is 1.76. The van der Waals surface area contributed by atoms with Crippen LogP contribution < -0.4 is 4.87 Å². The van der Waals surface area contributed by atoms with Gasteiger partial charge in [0.1, 0.15) is 0 Å². The lowest BCUT2D eigenvalue weighted by Crippen LogP contribution is -1.87. The van der Waals surface area contributed by atoms with Crippen molar-refractivity contribution < 1.29 is 0 Å². The Bertz CT molecular complexity index is 150. The molecule has 0 unspecified atom stereocenters. The molecule has 0 saturated heterocycles. The predicted octanol–water partition coefficient (Wildman–Crippen LogP) is 1.46. The minimum atomic E-state index is 0.00926. The first-order valence-corrected chi connectivity index (χ1v) is 3.40. The number of rotatable bonds is 0. The maximum absolute atomic E-state index is 10.0. The zero-order chi connectivity index (χ0) is 6.41. The summed E-state index contributed by atoms with van der Waals surface area (Å²) in [4.78, 5) is 12.5. The predicted molar refractivity (Wildman–Crippen MR) is 36.3 cm³/mol. The van der Waals surface area contributed by atoms with Crippen LogP contribution in [0.2, 0.25) is 0 Å². The lowest BCUT2D eigenvalue weighted by Gasteiger charge is -1.49. The van der Waals surface area contributed by atoms with Crippen LogP contribution >= 0.6 is 11.3 Å². The van der Waals surface area contributed by atoms with E-state index in [-0.39, 0.29) is 4.87 Å². The third-order valence-corrected chi connectivity index (χ3v) is 1.05. The molecule has 1 rings (SSSR count). The molecule has 0 radical (unpaired) electrons. The fraction of sp³-hybridized carbons (Fsp3) is 0.400. The quantitative estimate of drug-likeness (QED) is 0.568. The molecule has 0 aromatic carbocycles. The second-order valence-electron chi connectivity index (χ2n) is 0.852. The van der Waals surface area contributed by atoms with Gasteiger partial charge in [0, 0.05) is 11.6 Å². The molecule has 0 amide bonds. The van der Waals surface area contributed by atoms with Gasteiger partial charge in [-0.1, -0.05) is 25.2 Å². The molecular formula is C5H9NOS. The van der Waals surface area contributed by atoms with Crippen molar-refractivity contribution in [3.8, 4) is 0 Å². The monoisotopic (exact) mass is 131 g/mol. The SMILES string of the molecule is CC.O=c1[nH]ccs1. The summed E-state index contributed by atoms with van der Waals surface area (Å²) >= 11 is 1.17. The molecule has 2 nitrogen and oxygen atoms in total. The molecule has 0 fully saturated rings. The van der Waals surface area contributed by atoms with Crippen LogP contribution in [0, 0.1) is 0 Å². The second kappa shape index (κ2) is 4.59. The molecule has 46 valence electrons. The molecule has 1 N–H and O–H groups in total. The standard InChI is InChI=1S/C3H3NOS.C2H6/c5-3-4-1-2-6-3;1-2/h1-2H,(H,4,5);1-2H3. The maximum atomic E-state index is 10.0. The van der Waals surface area contributed by atoms with E-state index in [1.54, 1.807) is 11.6 Å². The van der Waals surface area contributed by atoms with Crippen LogP contribution in [-0.4, -0.2) is 4.98 Å². The summed E-state index contributed by atoms with van der Waals surface area (Å²) in [5.41, 5.74) is 0. The Morgan fingerprint density at radius 3 is 2.38 bits per heavy atom. The zero-order valence-corrected chi connectivity index (χ0v) is 5.79. The summed E-state index contributed by atoms with van der Waals surface area (Å²) in [6.45, 7) is 4.00. The van der Waals surface area contributed by atoms with Crippen LogP contribution in [0.5, 0.6) is 0 Å². The maximum Gasteiger partial charge on any atom is 0.304 e. The van der Waals surface area contributed by atoms with Crippen LogP contribution in [0.25, 0.3) is 0 Å². The fourth-order valence-corrected chi connectivity index (χ4v) is 0.628. The van der Waals surface area contributed by atoms with E-state index in [0.717, 1.165) is 0 Å². The highest BCUT2D eigenvalue weighted by Gasteiger charge is 1.72. The third kappa shape index (κ3) is 2.58. The largest absolute Gasteiger partial charge is 0.319 e. The highest BCUT2D eigenvalue weighted by molar-refractivity contribution is 7.07. The Labute approximate surface area is 52.2 Å². The summed E-state index contributed by atoms with van der Waals surface area (Å²) in [6, 6.07) is 0. The van der Waals surface area contributed by atoms with E-state index in [4.69, 9.17) is 0 Å². The van der Waals surface area contributed by atoms with Crippen molar-refractivity contribution in [1.29, 1.82) is 0 Å². The summed E-state index contributed by atoms with van der Waals surface area (Å²) in [7, 11) is 0. The van der Waals surface area contributed by atoms with Crippen LogP contribution in [0.15, 0.2) is 16.4 Å². The molecule has 0 aliphatic carbocycles. The molecule has 0 aliphatic heterocycles. The Hall–Kier alpha value is -0.570. The van der Waals surface area contributed by atoms with Gasteiger partial charge >= 0.3 is 4.87 Å². The first-order valence-electron chi connectivity index (χ1n) is 2.52. The van der Waals surface area contributed by atoms with Gasteiger partial charge in [-0.05, 0) is 0 Å². The third-order valence-electron chi connectivity index (χ3n) is 0.444. The van der Waals surface area contributed by atoms with Crippen molar-refractivity contribution in [1.82, 2.24) is 4.98 Å². The van der Waals surface area contributed by atoms with Crippen molar-refractivity contribution in [2.75, 3.05) is 0 Å². The van der Waals surface area contributed by atoms with Crippen LogP contribution in [0.4, 0.5) is 0 Å². The fourth-order valence-electron chi connectivity index (χ4n) is 0.232. The number of thiazole rings is 1. The van der Waals surface area contributed by atoms with Gasteiger partial charge in [-0.3, -0.25) is 4.79 Å². The summed E-state index contributed by atoms with van der Waals surface area (Å²) in [5, 5.41) is 1.71. The van der Waals surface area contributed by atoms with Gasteiger partial charge in [0.05, 0.1) is 0 Å². The molecule has 0 spiro atoms. The van der Waals surface area contributed by atoms with Gasteiger partial charge < -0.3 is 4.98 Å². The van der Waals surface area contributed by atoms with Crippen molar-refractivity contribution in [2.24, 2.45) is 0 Å². The molecule has 0 aliphatic rings. The minimum absolute atomic E-state index is 0.00926. The number of hydrogen-bond donors (Lipinski definition) is 1. The van der Waals surface area contributed by atoms with Gasteiger partial charge in [0.15, 0.2) is 0 Å². The van der Waals surface area contributed by atoms with Gasteiger partial charge in [-0.25, -0.2) is 0 Å². The van der Waals surface area contributed by atoms with E-state index in [0.29, 0.717) is 0 Å². The van der Waals surface area contributed by atoms with Crippen LogP contribution in [-0.2, 0) is 0 Å². The smallest absolute Gasteiger partial charge is 0.304 e. The van der Waals surface area contributed by atoms with Gasteiger partial charge in [0.25, 0.3) is 0 Å². The lowest BCUT2D eigenvalue weighted by atomic mass is 11.0. The van der Waals surface area contributed by atoms with Gasteiger partial charge in [0.2, 0.25) is 0 Å². The van der Waals surface area contributed by atoms with E-state index >= 15 is 0 Å². The Kier molecular flexibility index (Phi) is 4.26. The van der Waals surface area contributed by atoms with Crippen LogP contribution in [0.3, 0.4) is 0 Å². The molecule has 8 heavy (non-hydrogen) atoms. The van der Waals surface area contributed by atoms with Gasteiger partial charge in [-0.15, -0.1) is 0 Å². The van der Waals surface area contributed by atoms with E-state index in [9.17, 15) is 4.79 Å². The summed E-state index contributed by atoms with van der Waals surface area (Å²) in [6.07, 6.45) is 1.62. The molecule has 0 saturated carbocycles. The van der Waals surface area contributed by atoms with Gasteiger partial charge in [-0.2, -0.15) is 0 Å². The molecular weight excluding hydrogens is 122 g/mol. The summed E-state index contributed by atoms with van der Waals surface area (Å²) < 4.78 is 0. The number of nitrogens with one attached hydrogen (secondary N) is 1. The van der Waals surface area contributed by atoms with Crippen molar-refractivity contribution >= 4 is 11.3 Å². The average Bonchev–Trinajstić information content (AvgIpc) is 2.24. The Morgan fingerprint density at radius 1 is 1.62 bits per heavy atom. The number of H-pyrrole nitrogens is 1. The van der Waals surface area contributed by atoms with E-state index in [2.05, 4.69) is 4.98 Å². The molecule has 0 atom stereocenters. The number of hydrogen-bond acceptors (Lipinski definition) is 2. The van der Waals surface area contributed by atoms with Crippen molar-refractivity contribution in [3.63, 3.8) is 0 Å². The molecule has 1 heterocycles. The van der Waals surface area contributed by atoms with Crippen molar-refractivity contribution in [2.45, 2.75) is 13.8 Å². The molecule has 1 aromatic heterocycles. The lowest BCUT2D eigenvalue weighted by molar-refractivity contribution is 1.35. The highest BCUT2D eigenvalue weighted by atomic mass is 32.1. The Balaban J connectivity index is 0.000000222. The molecule has 3 heteroatoms. The number of aromatic nitrogens is 1. The van der Waals surface area contributed by atoms with E-state index in [1.807, 2.05) is 13.8 Å². The first kappa shape index (κ1) is 7.43. The Morgan fingerprint density at radius 2 is 2.25 bits per heavy atom. The first-order chi connectivity index (χ1) is 3.89. The molecule has 0 bridgehead atoms. The average molecular weight is 131 g/mol. The normalized spacial score (nSPS) is 7.25. The minimum Gasteiger partial charge on any atom is -0.319 e.